The average molecular weight is 354 g/mol. The molecule has 6 nitrogen and oxygen atoms in total. The molecular formula is C20H22N2O4. The molecule has 0 bridgehead atoms. The quantitative estimate of drug-likeness (QED) is 0.866. The van der Waals surface area contributed by atoms with Gasteiger partial charge in [-0.2, -0.15) is 0 Å². The van der Waals surface area contributed by atoms with Crippen molar-refractivity contribution in [2.75, 3.05) is 31.0 Å². The summed E-state index contributed by atoms with van der Waals surface area (Å²) in [5.74, 6) is 1.14. The fourth-order valence-corrected chi connectivity index (χ4v) is 3.09. The van der Waals surface area contributed by atoms with Crippen molar-refractivity contribution in [3.63, 3.8) is 0 Å². The second kappa shape index (κ2) is 7.91. The molecule has 1 saturated heterocycles. The maximum Gasteiger partial charge on any atom is 0.228 e. The van der Waals surface area contributed by atoms with Gasteiger partial charge >= 0.3 is 0 Å². The van der Waals surface area contributed by atoms with Crippen molar-refractivity contribution in [1.29, 1.82) is 0 Å². The van der Waals surface area contributed by atoms with Gasteiger partial charge in [0, 0.05) is 13.0 Å². The highest BCUT2D eigenvalue weighted by atomic mass is 16.5. The number of para-hydroxylation sites is 2. The predicted molar refractivity (Wildman–Crippen MR) is 99.9 cm³/mol. The zero-order valence-corrected chi connectivity index (χ0v) is 15.0. The van der Waals surface area contributed by atoms with E-state index in [0.717, 1.165) is 17.7 Å². The Bertz CT molecular complexity index is 819. The minimum atomic E-state index is -0.156. The van der Waals surface area contributed by atoms with Crippen LogP contribution in [0.4, 0.5) is 11.4 Å². The first-order valence-corrected chi connectivity index (χ1v) is 8.52. The number of carbonyl (C=O) groups is 2. The van der Waals surface area contributed by atoms with Gasteiger partial charge in [-0.15, -0.1) is 0 Å². The van der Waals surface area contributed by atoms with Gasteiger partial charge in [0.2, 0.25) is 11.8 Å². The van der Waals surface area contributed by atoms with Crippen molar-refractivity contribution in [2.24, 2.45) is 0 Å². The molecule has 1 N–H and O–H groups in total. The number of methoxy groups -OCH3 is 2. The monoisotopic (exact) mass is 354 g/mol. The molecule has 0 saturated carbocycles. The number of hydrogen-bond acceptors (Lipinski definition) is 4. The Hall–Kier alpha value is -3.02. The molecule has 0 atom stereocenters. The molecule has 0 spiro atoms. The number of nitrogens with one attached hydrogen (secondary N) is 1. The van der Waals surface area contributed by atoms with Crippen LogP contribution >= 0.6 is 0 Å². The summed E-state index contributed by atoms with van der Waals surface area (Å²) in [5.41, 5.74) is 2.21. The maximum atomic E-state index is 12.5. The molecule has 0 radical (unpaired) electrons. The van der Waals surface area contributed by atoms with E-state index >= 15 is 0 Å². The zero-order valence-electron chi connectivity index (χ0n) is 15.0. The molecule has 2 aromatic carbocycles. The topological polar surface area (TPSA) is 67.9 Å². The van der Waals surface area contributed by atoms with Crippen LogP contribution in [0.5, 0.6) is 11.5 Å². The second-order valence-electron chi connectivity index (χ2n) is 6.08. The van der Waals surface area contributed by atoms with E-state index in [4.69, 9.17) is 9.47 Å². The zero-order chi connectivity index (χ0) is 18.5. The van der Waals surface area contributed by atoms with Crippen LogP contribution in [0.15, 0.2) is 42.5 Å². The Balaban J connectivity index is 1.74. The van der Waals surface area contributed by atoms with E-state index in [0.29, 0.717) is 30.2 Å². The lowest BCUT2D eigenvalue weighted by Gasteiger charge is -2.20. The minimum absolute atomic E-state index is 0.0894. The maximum absolute atomic E-state index is 12.5. The molecule has 6 heteroatoms. The number of hydrogen-bond donors (Lipinski definition) is 1. The fraction of sp³-hybridized carbons (Fsp3) is 0.300. The van der Waals surface area contributed by atoms with E-state index in [-0.39, 0.29) is 18.2 Å². The van der Waals surface area contributed by atoms with Gasteiger partial charge in [-0.25, -0.2) is 0 Å². The van der Waals surface area contributed by atoms with Crippen LogP contribution < -0.4 is 19.7 Å². The fourth-order valence-electron chi connectivity index (χ4n) is 3.09. The van der Waals surface area contributed by atoms with Gasteiger partial charge in [-0.3, -0.25) is 9.59 Å². The smallest absolute Gasteiger partial charge is 0.228 e. The molecule has 2 amide bonds. The molecule has 3 rings (SSSR count). The Kier molecular flexibility index (Phi) is 5.41. The van der Waals surface area contributed by atoms with Crippen LogP contribution in [0.2, 0.25) is 0 Å². The summed E-state index contributed by atoms with van der Waals surface area (Å²) >= 11 is 0. The SMILES string of the molecule is COc1ccc(CC(=O)Nc2ccccc2N2CCCC2=O)cc1OC. The number of carbonyl (C=O) groups excluding carboxylic acids is 2. The molecule has 1 heterocycles. The summed E-state index contributed by atoms with van der Waals surface area (Å²) in [4.78, 5) is 26.2. The van der Waals surface area contributed by atoms with Crippen molar-refractivity contribution in [3.05, 3.63) is 48.0 Å². The number of amides is 2. The van der Waals surface area contributed by atoms with Crippen molar-refractivity contribution >= 4 is 23.2 Å². The molecule has 0 aromatic heterocycles. The van der Waals surface area contributed by atoms with E-state index in [1.165, 1.54) is 0 Å². The Morgan fingerprint density at radius 2 is 1.88 bits per heavy atom. The van der Waals surface area contributed by atoms with Crippen LogP contribution in [0.3, 0.4) is 0 Å². The summed E-state index contributed by atoms with van der Waals surface area (Å²) < 4.78 is 10.5. The molecule has 1 aliphatic heterocycles. The van der Waals surface area contributed by atoms with Gasteiger partial charge in [0.15, 0.2) is 11.5 Å². The highest BCUT2D eigenvalue weighted by molar-refractivity contribution is 6.02. The molecule has 136 valence electrons. The lowest BCUT2D eigenvalue weighted by Crippen LogP contribution is -2.25. The van der Waals surface area contributed by atoms with Gasteiger partial charge in [0.25, 0.3) is 0 Å². The number of anilines is 2. The third-order valence-electron chi connectivity index (χ3n) is 4.35. The van der Waals surface area contributed by atoms with Gasteiger partial charge in [0.1, 0.15) is 0 Å². The number of ether oxygens (including phenoxy) is 2. The van der Waals surface area contributed by atoms with E-state index < -0.39 is 0 Å². The third-order valence-corrected chi connectivity index (χ3v) is 4.35. The molecular weight excluding hydrogens is 332 g/mol. The lowest BCUT2D eigenvalue weighted by atomic mass is 10.1. The van der Waals surface area contributed by atoms with Gasteiger partial charge in [0.05, 0.1) is 32.0 Å². The largest absolute Gasteiger partial charge is 0.493 e. The first-order chi connectivity index (χ1) is 12.6. The van der Waals surface area contributed by atoms with Gasteiger partial charge < -0.3 is 19.7 Å². The first kappa shape index (κ1) is 17.8. The molecule has 0 aliphatic carbocycles. The van der Waals surface area contributed by atoms with E-state index in [2.05, 4.69) is 5.32 Å². The standard InChI is InChI=1S/C20H22N2O4/c1-25-17-10-9-14(12-18(17)26-2)13-19(23)21-15-6-3-4-7-16(15)22-11-5-8-20(22)24/h3-4,6-7,9-10,12H,5,8,11,13H2,1-2H3,(H,21,23). The van der Waals surface area contributed by atoms with Crippen LogP contribution in [0.25, 0.3) is 0 Å². The number of nitrogens with zero attached hydrogens (tertiary/aromatic N) is 1. The van der Waals surface area contributed by atoms with Crippen LogP contribution in [-0.4, -0.2) is 32.6 Å². The highest BCUT2D eigenvalue weighted by Gasteiger charge is 2.24. The Morgan fingerprint density at radius 1 is 1.12 bits per heavy atom. The van der Waals surface area contributed by atoms with Crippen LogP contribution in [-0.2, 0) is 16.0 Å². The van der Waals surface area contributed by atoms with Crippen molar-refractivity contribution in [1.82, 2.24) is 0 Å². The van der Waals surface area contributed by atoms with Gasteiger partial charge in [-0.05, 0) is 36.2 Å². The van der Waals surface area contributed by atoms with Crippen LogP contribution in [0, 0.1) is 0 Å². The van der Waals surface area contributed by atoms with Crippen molar-refractivity contribution in [3.8, 4) is 11.5 Å². The summed E-state index contributed by atoms with van der Waals surface area (Å²) in [5, 5.41) is 2.92. The Morgan fingerprint density at radius 3 is 2.58 bits per heavy atom. The summed E-state index contributed by atoms with van der Waals surface area (Å²) in [6, 6.07) is 12.8. The molecule has 0 unspecified atom stereocenters. The third kappa shape index (κ3) is 3.79. The first-order valence-electron chi connectivity index (χ1n) is 8.52. The van der Waals surface area contributed by atoms with E-state index in [1.54, 1.807) is 31.3 Å². The van der Waals surface area contributed by atoms with Crippen LogP contribution in [0.1, 0.15) is 18.4 Å². The van der Waals surface area contributed by atoms with Crippen molar-refractivity contribution in [2.45, 2.75) is 19.3 Å². The van der Waals surface area contributed by atoms with E-state index in [1.807, 2.05) is 30.3 Å². The minimum Gasteiger partial charge on any atom is -0.493 e. The summed E-state index contributed by atoms with van der Waals surface area (Å²) in [6.07, 6.45) is 1.59. The molecule has 1 aliphatic rings. The number of rotatable bonds is 6. The lowest BCUT2D eigenvalue weighted by molar-refractivity contribution is -0.117. The molecule has 1 fully saturated rings. The highest BCUT2D eigenvalue weighted by Crippen LogP contribution is 2.30. The molecule has 26 heavy (non-hydrogen) atoms. The van der Waals surface area contributed by atoms with Gasteiger partial charge in [-0.1, -0.05) is 18.2 Å². The number of benzene rings is 2. The summed E-state index contributed by atoms with van der Waals surface area (Å²) in [7, 11) is 3.13. The predicted octanol–water partition coefficient (Wildman–Crippen LogP) is 3.01. The normalized spacial score (nSPS) is 13.6. The van der Waals surface area contributed by atoms with E-state index in [9.17, 15) is 9.59 Å². The average Bonchev–Trinajstić information content (AvgIpc) is 3.07. The molecule has 2 aromatic rings. The summed E-state index contributed by atoms with van der Waals surface area (Å²) in [6.45, 7) is 0.682. The second-order valence-corrected chi connectivity index (χ2v) is 6.08. The Labute approximate surface area is 152 Å². The van der Waals surface area contributed by atoms with Crippen molar-refractivity contribution < 1.29 is 19.1 Å².